The van der Waals surface area contributed by atoms with Crippen LogP contribution < -0.4 is 0 Å². The van der Waals surface area contributed by atoms with Gasteiger partial charge in [-0.05, 0) is 31.4 Å². The zero-order valence-electron chi connectivity index (χ0n) is 22.3. The maximum absolute atomic E-state index is 13.5. The fraction of sp³-hybridized carbons (Fsp3) is 0.621. The van der Waals surface area contributed by atoms with Gasteiger partial charge in [0.1, 0.15) is 11.5 Å². The van der Waals surface area contributed by atoms with Crippen molar-refractivity contribution in [2.24, 2.45) is 11.3 Å². The van der Waals surface area contributed by atoms with E-state index in [1.54, 1.807) is 11.8 Å². The molecule has 1 aromatic rings. The second-order valence-corrected chi connectivity index (χ2v) is 10.1. The van der Waals surface area contributed by atoms with Crippen LogP contribution in [0.1, 0.15) is 70.8 Å². The number of hydrogen-bond donors (Lipinski definition) is 1. The van der Waals surface area contributed by atoms with E-state index in [1.807, 2.05) is 36.4 Å². The Balaban J connectivity index is 1.86. The first kappa shape index (κ1) is 28.9. The van der Waals surface area contributed by atoms with Crippen molar-refractivity contribution < 1.29 is 33.7 Å². The van der Waals surface area contributed by atoms with Gasteiger partial charge < -0.3 is 24.2 Å². The predicted octanol–water partition coefficient (Wildman–Crippen LogP) is 4.72. The second-order valence-electron chi connectivity index (χ2n) is 10.1. The van der Waals surface area contributed by atoms with Gasteiger partial charge in [0.25, 0.3) is 0 Å². The molecule has 1 saturated heterocycles. The Morgan fingerprint density at radius 3 is 2.51 bits per heavy atom. The summed E-state index contributed by atoms with van der Waals surface area (Å²) in [5.41, 5.74) is 0.351. The summed E-state index contributed by atoms with van der Waals surface area (Å²) in [6, 6.07) is 9.81. The summed E-state index contributed by atoms with van der Waals surface area (Å²) in [4.78, 5) is 40.1. The van der Waals surface area contributed by atoms with E-state index >= 15 is 0 Å². The quantitative estimate of drug-likeness (QED) is 0.283. The number of nitrogens with zero attached hydrogens (tertiary/aromatic N) is 1. The van der Waals surface area contributed by atoms with Gasteiger partial charge in [-0.1, -0.05) is 69.4 Å². The van der Waals surface area contributed by atoms with Gasteiger partial charge in [0.15, 0.2) is 0 Å². The second kappa shape index (κ2) is 13.7. The van der Waals surface area contributed by atoms with Crippen LogP contribution in [0, 0.1) is 11.3 Å². The maximum Gasteiger partial charge on any atom is 0.320 e. The molecule has 37 heavy (non-hydrogen) atoms. The van der Waals surface area contributed by atoms with Gasteiger partial charge >= 0.3 is 11.9 Å². The predicted molar refractivity (Wildman–Crippen MR) is 138 cm³/mol. The molecule has 0 saturated carbocycles. The van der Waals surface area contributed by atoms with Crippen LogP contribution in [-0.2, 0) is 35.2 Å². The number of amides is 1. The Hall–Kier alpha value is -2.71. The third kappa shape index (κ3) is 6.99. The minimum atomic E-state index is -1.25. The monoisotopic (exact) mass is 515 g/mol. The van der Waals surface area contributed by atoms with Crippen LogP contribution in [0.15, 0.2) is 42.1 Å². The molecule has 1 aromatic carbocycles. The van der Waals surface area contributed by atoms with Gasteiger partial charge in [-0.25, -0.2) is 0 Å². The molecule has 204 valence electrons. The first-order valence-corrected chi connectivity index (χ1v) is 13.4. The minimum Gasteiger partial charge on any atom is -0.481 e. The molecule has 0 unspecified atom stereocenters. The molecule has 0 radical (unpaired) electrons. The molecule has 2 aliphatic rings. The fourth-order valence-electron chi connectivity index (χ4n) is 5.51. The molecule has 1 N–H and O–H groups in total. The number of piperidine rings is 1. The first-order valence-electron chi connectivity index (χ1n) is 13.4. The maximum atomic E-state index is 13.5. The van der Waals surface area contributed by atoms with Gasteiger partial charge in [-0.2, -0.15) is 0 Å². The van der Waals surface area contributed by atoms with Gasteiger partial charge in [0.05, 0.1) is 38.8 Å². The Morgan fingerprint density at radius 2 is 1.84 bits per heavy atom. The van der Waals surface area contributed by atoms with E-state index in [0.717, 1.165) is 37.7 Å². The molecule has 4 atom stereocenters. The summed E-state index contributed by atoms with van der Waals surface area (Å²) in [5.74, 6) is -2.65. The van der Waals surface area contributed by atoms with Crippen molar-refractivity contribution in [1.82, 2.24) is 4.90 Å². The van der Waals surface area contributed by atoms with E-state index in [4.69, 9.17) is 14.2 Å². The fourth-order valence-corrected chi connectivity index (χ4v) is 5.51. The van der Waals surface area contributed by atoms with E-state index in [2.05, 4.69) is 6.92 Å². The lowest BCUT2D eigenvalue weighted by Gasteiger charge is -2.51. The number of ether oxygens (including phenoxy) is 3. The zero-order valence-corrected chi connectivity index (χ0v) is 22.3. The van der Waals surface area contributed by atoms with Gasteiger partial charge in [0.2, 0.25) is 5.91 Å². The molecule has 1 amide bonds. The summed E-state index contributed by atoms with van der Waals surface area (Å²) in [5, 5.41) is 9.49. The summed E-state index contributed by atoms with van der Waals surface area (Å²) >= 11 is 0. The molecule has 0 aromatic heterocycles. The highest BCUT2D eigenvalue weighted by atomic mass is 16.6. The average Bonchev–Trinajstić information content (AvgIpc) is 2.88. The molecule has 2 heterocycles. The number of carbonyl (C=O) groups is 3. The summed E-state index contributed by atoms with van der Waals surface area (Å²) in [6.07, 6.45) is 6.73. The molecule has 2 aliphatic heterocycles. The molecule has 0 aliphatic carbocycles. The van der Waals surface area contributed by atoms with Crippen molar-refractivity contribution >= 4 is 17.8 Å². The first-order chi connectivity index (χ1) is 17.8. The van der Waals surface area contributed by atoms with Crippen molar-refractivity contribution in [2.75, 3.05) is 20.3 Å². The van der Waals surface area contributed by atoms with Crippen molar-refractivity contribution in [1.29, 1.82) is 0 Å². The number of carbonyl (C=O) groups excluding carboxylic acids is 2. The number of fused-ring (bicyclic) bond motifs is 1. The summed E-state index contributed by atoms with van der Waals surface area (Å²) in [6.45, 7) is 5.07. The number of methoxy groups -OCH3 is 1. The van der Waals surface area contributed by atoms with Crippen molar-refractivity contribution in [3.05, 3.63) is 47.7 Å². The lowest BCUT2D eigenvalue weighted by Crippen LogP contribution is -2.60. The van der Waals surface area contributed by atoms with Crippen molar-refractivity contribution in [3.63, 3.8) is 0 Å². The van der Waals surface area contributed by atoms with Crippen LogP contribution in [0.2, 0.25) is 0 Å². The number of unbranched alkanes of at least 4 members (excludes halogenated alkanes) is 5. The lowest BCUT2D eigenvalue weighted by atomic mass is 9.66. The molecule has 0 bridgehead atoms. The largest absolute Gasteiger partial charge is 0.481 e. The normalized spacial score (nSPS) is 25.4. The topological polar surface area (TPSA) is 102 Å². The third-order valence-electron chi connectivity index (χ3n) is 7.45. The van der Waals surface area contributed by atoms with E-state index in [9.17, 15) is 19.5 Å². The van der Waals surface area contributed by atoms with Crippen molar-refractivity contribution in [3.8, 4) is 0 Å². The van der Waals surface area contributed by atoms with Gasteiger partial charge in [-0.3, -0.25) is 14.4 Å². The third-order valence-corrected chi connectivity index (χ3v) is 7.45. The minimum absolute atomic E-state index is 0.0440. The Labute approximate surface area is 220 Å². The van der Waals surface area contributed by atoms with E-state index in [-0.39, 0.29) is 25.4 Å². The Morgan fingerprint density at radius 1 is 1.14 bits per heavy atom. The SMILES string of the molecule is CCCCCCCCN1C(=O)[C@@H](CC(=O)O)C[C@]2(C(=O)OC)C1=C[C@@H](COCc1ccccc1)O[C@H]2C. The Bertz CT molecular complexity index is 947. The number of carboxylic acid groups (broad SMARTS) is 1. The van der Waals surface area contributed by atoms with E-state index in [0.29, 0.717) is 18.8 Å². The lowest BCUT2D eigenvalue weighted by molar-refractivity contribution is -0.178. The number of benzene rings is 1. The summed E-state index contributed by atoms with van der Waals surface area (Å²) in [7, 11) is 1.32. The number of hydrogen-bond acceptors (Lipinski definition) is 6. The number of esters is 1. The molecular formula is C29H41NO7. The number of aliphatic carboxylic acids is 1. The number of carboxylic acids is 1. The van der Waals surface area contributed by atoms with Crippen LogP contribution in [0.25, 0.3) is 0 Å². The van der Waals surface area contributed by atoms with E-state index in [1.165, 1.54) is 13.5 Å². The van der Waals surface area contributed by atoms with E-state index < -0.39 is 35.5 Å². The molecule has 3 rings (SSSR count). The molecule has 1 fully saturated rings. The Kier molecular flexibility index (Phi) is 10.7. The van der Waals surface area contributed by atoms with Crippen LogP contribution in [0.5, 0.6) is 0 Å². The number of likely N-dealkylation sites (tertiary alicyclic amines) is 1. The molecule has 0 spiro atoms. The summed E-state index contributed by atoms with van der Waals surface area (Å²) < 4.78 is 17.4. The zero-order chi connectivity index (χ0) is 26.8. The van der Waals surface area contributed by atoms with Crippen molar-refractivity contribution in [2.45, 2.75) is 84.0 Å². The van der Waals surface area contributed by atoms with Crippen LogP contribution >= 0.6 is 0 Å². The number of rotatable bonds is 14. The smallest absolute Gasteiger partial charge is 0.320 e. The average molecular weight is 516 g/mol. The van der Waals surface area contributed by atoms with Crippen LogP contribution in [0.4, 0.5) is 0 Å². The highest BCUT2D eigenvalue weighted by Gasteiger charge is 2.59. The highest BCUT2D eigenvalue weighted by molar-refractivity contribution is 5.91. The van der Waals surface area contributed by atoms with Gasteiger partial charge in [-0.15, -0.1) is 0 Å². The standard InChI is InChI=1S/C29H41NO7/c1-4-5-6-7-8-12-15-30-25-17-24(20-36-19-22-13-10-9-11-14-22)37-21(2)29(25,28(34)35-3)18-23(27(30)33)16-26(31)32/h9-11,13-14,17,21,23-24H,4-8,12,15-16,18-20H2,1-3H3,(H,31,32)/t21-,23-,24-,29+/m0/s1. The van der Waals surface area contributed by atoms with Crippen LogP contribution in [0.3, 0.4) is 0 Å². The molecule has 8 nitrogen and oxygen atoms in total. The molecule has 8 heteroatoms. The van der Waals surface area contributed by atoms with Crippen LogP contribution in [-0.4, -0.2) is 60.3 Å². The highest BCUT2D eigenvalue weighted by Crippen LogP contribution is 2.50. The molecular weight excluding hydrogens is 474 g/mol. The van der Waals surface area contributed by atoms with Gasteiger partial charge in [0, 0.05) is 12.2 Å².